The number of sulfonamides is 1. The molecule has 0 bridgehead atoms. The number of carbonyl (C=O) groups is 1. The first kappa shape index (κ1) is 16.9. The van der Waals surface area contributed by atoms with Gasteiger partial charge in [0.2, 0.25) is 10.0 Å². The molecule has 0 saturated carbocycles. The molecule has 0 aliphatic carbocycles. The molecular formula is C12H16ClNO5S. The van der Waals surface area contributed by atoms with Crippen molar-refractivity contribution in [1.29, 1.82) is 0 Å². The molecule has 20 heavy (non-hydrogen) atoms. The molecule has 112 valence electrons. The van der Waals surface area contributed by atoms with Crippen molar-refractivity contribution in [3.8, 4) is 0 Å². The molecule has 0 aromatic heterocycles. The van der Waals surface area contributed by atoms with Gasteiger partial charge in [0, 0.05) is 13.2 Å². The highest BCUT2D eigenvalue weighted by Gasteiger charge is 2.23. The summed E-state index contributed by atoms with van der Waals surface area (Å²) in [6.07, 6.45) is -0.318. The molecule has 0 radical (unpaired) electrons. The van der Waals surface area contributed by atoms with Gasteiger partial charge >= 0.3 is 5.97 Å². The third kappa shape index (κ3) is 3.92. The van der Waals surface area contributed by atoms with Crippen LogP contribution in [0.3, 0.4) is 0 Å². The van der Waals surface area contributed by atoms with Crippen molar-refractivity contribution in [2.45, 2.75) is 30.9 Å². The fourth-order valence-electron chi connectivity index (χ4n) is 1.46. The molecule has 0 heterocycles. The zero-order valence-corrected chi connectivity index (χ0v) is 12.8. The smallest absolute Gasteiger partial charge is 0.335 e. The Morgan fingerprint density at radius 2 is 2.00 bits per heavy atom. The fourth-order valence-corrected chi connectivity index (χ4v) is 3.32. The largest absolute Gasteiger partial charge is 0.478 e. The predicted octanol–water partition coefficient (Wildman–Crippen LogP) is 1.74. The van der Waals surface area contributed by atoms with Gasteiger partial charge < -0.3 is 9.84 Å². The van der Waals surface area contributed by atoms with E-state index in [1.54, 1.807) is 13.8 Å². The SMILES string of the molecule is COC(C)[C@H](C)NS(=O)(=O)c1ccc(C(=O)O)cc1Cl. The van der Waals surface area contributed by atoms with Crippen molar-refractivity contribution in [3.05, 3.63) is 28.8 Å². The van der Waals surface area contributed by atoms with Crippen LogP contribution in [0.4, 0.5) is 0 Å². The van der Waals surface area contributed by atoms with E-state index in [0.717, 1.165) is 12.1 Å². The first-order valence-corrected chi connectivity index (χ1v) is 7.63. The molecular weight excluding hydrogens is 306 g/mol. The van der Waals surface area contributed by atoms with Gasteiger partial charge in [0.25, 0.3) is 0 Å². The van der Waals surface area contributed by atoms with Gasteiger partial charge in [0.1, 0.15) is 4.90 Å². The Hall–Kier alpha value is -1.15. The van der Waals surface area contributed by atoms with E-state index >= 15 is 0 Å². The molecule has 6 nitrogen and oxygen atoms in total. The summed E-state index contributed by atoms with van der Waals surface area (Å²) < 4.78 is 31.8. The molecule has 0 aliphatic heterocycles. The Kier molecular flexibility index (Phi) is 5.52. The Balaban J connectivity index is 3.07. The molecule has 0 saturated heterocycles. The second-order valence-electron chi connectivity index (χ2n) is 4.30. The van der Waals surface area contributed by atoms with Crippen LogP contribution in [0, 0.1) is 0 Å². The van der Waals surface area contributed by atoms with Crippen molar-refractivity contribution >= 4 is 27.6 Å². The lowest BCUT2D eigenvalue weighted by atomic mass is 10.2. The van der Waals surface area contributed by atoms with Crippen LogP contribution in [0.5, 0.6) is 0 Å². The van der Waals surface area contributed by atoms with Gasteiger partial charge in [-0.2, -0.15) is 0 Å². The molecule has 0 amide bonds. The van der Waals surface area contributed by atoms with Gasteiger partial charge in [-0.3, -0.25) is 0 Å². The van der Waals surface area contributed by atoms with Crippen LogP contribution in [0.25, 0.3) is 0 Å². The average Bonchev–Trinajstić information content (AvgIpc) is 2.36. The highest BCUT2D eigenvalue weighted by atomic mass is 35.5. The third-order valence-electron chi connectivity index (χ3n) is 2.89. The maximum absolute atomic E-state index is 12.2. The number of hydrogen-bond acceptors (Lipinski definition) is 4. The number of carboxylic acids is 1. The quantitative estimate of drug-likeness (QED) is 0.832. The summed E-state index contributed by atoms with van der Waals surface area (Å²) >= 11 is 5.84. The molecule has 2 atom stereocenters. The summed E-state index contributed by atoms with van der Waals surface area (Å²) in [5.74, 6) is -1.18. The predicted molar refractivity (Wildman–Crippen MR) is 74.7 cm³/mol. The average molecular weight is 322 g/mol. The Bertz CT molecular complexity index is 602. The maximum atomic E-state index is 12.2. The normalized spacial score (nSPS) is 14.8. The second kappa shape index (κ2) is 6.53. The lowest BCUT2D eigenvalue weighted by Crippen LogP contribution is -2.40. The maximum Gasteiger partial charge on any atom is 0.335 e. The molecule has 0 fully saturated rings. The Morgan fingerprint density at radius 1 is 1.40 bits per heavy atom. The molecule has 0 aliphatic rings. The summed E-state index contributed by atoms with van der Waals surface area (Å²) in [5.41, 5.74) is -0.0766. The van der Waals surface area contributed by atoms with Gasteiger partial charge in [0.15, 0.2) is 0 Å². The lowest BCUT2D eigenvalue weighted by Gasteiger charge is -2.20. The number of halogens is 1. The lowest BCUT2D eigenvalue weighted by molar-refractivity contribution is 0.0696. The topological polar surface area (TPSA) is 92.7 Å². The first-order valence-electron chi connectivity index (χ1n) is 5.77. The number of carboxylic acid groups (broad SMARTS) is 1. The van der Waals surface area contributed by atoms with Crippen LogP contribution in [-0.2, 0) is 14.8 Å². The van der Waals surface area contributed by atoms with E-state index < -0.39 is 22.0 Å². The van der Waals surface area contributed by atoms with E-state index in [2.05, 4.69) is 4.72 Å². The second-order valence-corrected chi connectivity index (χ2v) is 6.39. The number of ether oxygens (including phenoxy) is 1. The summed E-state index contributed by atoms with van der Waals surface area (Å²) in [7, 11) is -2.37. The molecule has 8 heteroatoms. The highest BCUT2D eigenvalue weighted by Crippen LogP contribution is 2.23. The Morgan fingerprint density at radius 3 is 2.45 bits per heavy atom. The number of rotatable bonds is 6. The Labute approximate surface area is 122 Å². The van der Waals surface area contributed by atoms with E-state index in [1.165, 1.54) is 13.2 Å². The summed E-state index contributed by atoms with van der Waals surface area (Å²) in [6.45, 7) is 3.38. The van der Waals surface area contributed by atoms with Gasteiger partial charge in [-0.25, -0.2) is 17.9 Å². The van der Waals surface area contributed by atoms with Crippen molar-refractivity contribution in [2.24, 2.45) is 0 Å². The van der Waals surface area contributed by atoms with Gasteiger partial charge in [-0.05, 0) is 32.0 Å². The number of methoxy groups -OCH3 is 1. The van der Waals surface area contributed by atoms with Crippen molar-refractivity contribution in [1.82, 2.24) is 4.72 Å². The standard InChI is InChI=1S/C12H16ClNO5S/c1-7(8(2)19-3)14-20(17,18)11-5-4-9(12(15)16)6-10(11)13/h4-8,14H,1-3H3,(H,15,16)/t7-,8?/m0/s1. The van der Waals surface area contributed by atoms with Crippen LogP contribution in [0.1, 0.15) is 24.2 Å². The minimum absolute atomic E-state index is 0.0766. The van der Waals surface area contributed by atoms with E-state index in [-0.39, 0.29) is 21.6 Å². The molecule has 1 rings (SSSR count). The van der Waals surface area contributed by atoms with E-state index in [9.17, 15) is 13.2 Å². The number of benzene rings is 1. The third-order valence-corrected chi connectivity index (χ3v) is 4.93. The molecule has 2 N–H and O–H groups in total. The minimum Gasteiger partial charge on any atom is -0.478 e. The highest BCUT2D eigenvalue weighted by molar-refractivity contribution is 7.89. The van der Waals surface area contributed by atoms with Gasteiger partial charge in [-0.15, -0.1) is 0 Å². The van der Waals surface area contributed by atoms with Crippen LogP contribution >= 0.6 is 11.6 Å². The first-order chi connectivity index (χ1) is 9.19. The zero-order chi connectivity index (χ0) is 15.5. The van der Waals surface area contributed by atoms with E-state index in [0.29, 0.717) is 0 Å². The summed E-state index contributed by atoms with van der Waals surface area (Å²) in [4.78, 5) is 10.6. The van der Waals surface area contributed by atoms with Crippen LogP contribution in [-0.4, -0.2) is 38.7 Å². The minimum atomic E-state index is -3.84. The monoisotopic (exact) mass is 321 g/mol. The van der Waals surface area contributed by atoms with Gasteiger partial charge in [0.05, 0.1) is 16.7 Å². The molecule has 1 aromatic rings. The summed E-state index contributed by atoms with van der Waals surface area (Å²) in [6, 6.07) is 2.99. The number of nitrogens with one attached hydrogen (secondary N) is 1. The van der Waals surface area contributed by atoms with Crippen molar-refractivity contribution in [2.75, 3.05) is 7.11 Å². The van der Waals surface area contributed by atoms with Gasteiger partial charge in [-0.1, -0.05) is 11.6 Å². The van der Waals surface area contributed by atoms with Crippen LogP contribution in [0.15, 0.2) is 23.1 Å². The molecule has 1 unspecified atom stereocenters. The van der Waals surface area contributed by atoms with Crippen LogP contribution in [0.2, 0.25) is 5.02 Å². The van der Waals surface area contributed by atoms with Crippen LogP contribution < -0.4 is 4.72 Å². The summed E-state index contributed by atoms with van der Waals surface area (Å²) in [5, 5.41) is 8.67. The van der Waals surface area contributed by atoms with Crippen molar-refractivity contribution in [3.63, 3.8) is 0 Å². The van der Waals surface area contributed by atoms with Crippen molar-refractivity contribution < 1.29 is 23.1 Å². The van der Waals surface area contributed by atoms with E-state index in [4.69, 9.17) is 21.4 Å². The fraction of sp³-hybridized carbons (Fsp3) is 0.417. The molecule has 1 aromatic carbocycles. The van der Waals surface area contributed by atoms with E-state index in [1.807, 2.05) is 0 Å². The number of hydrogen-bond donors (Lipinski definition) is 2. The molecule has 0 spiro atoms. The number of aromatic carboxylic acids is 1. The zero-order valence-electron chi connectivity index (χ0n) is 11.3.